The highest BCUT2D eigenvalue weighted by atomic mass is 16.3. The van der Waals surface area contributed by atoms with Crippen LogP contribution in [-0.4, -0.2) is 40.1 Å². The average Bonchev–Trinajstić information content (AvgIpc) is 3.30. The topological polar surface area (TPSA) is 94.2 Å². The van der Waals surface area contributed by atoms with E-state index in [4.69, 9.17) is 0 Å². The van der Waals surface area contributed by atoms with Crippen LogP contribution < -0.4 is 10.6 Å². The van der Waals surface area contributed by atoms with E-state index in [0.29, 0.717) is 19.3 Å². The van der Waals surface area contributed by atoms with Crippen molar-refractivity contribution in [2.75, 3.05) is 6.61 Å². The number of carbonyl (C=O) groups excluding carboxylic acids is 2. The number of H-pyrrole nitrogens is 1. The highest BCUT2D eigenvalue weighted by molar-refractivity contribution is 5.93. The van der Waals surface area contributed by atoms with Crippen molar-refractivity contribution in [3.63, 3.8) is 0 Å². The Kier molecular flexibility index (Phi) is 7.00. The van der Waals surface area contributed by atoms with Crippen molar-refractivity contribution in [1.29, 1.82) is 0 Å². The molecule has 7 rings (SSSR count). The number of nitrogens with one attached hydrogen (secondary N) is 3. The Bertz CT molecular complexity index is 1300. The predicted octanol–water partition coefficient (Wildman–Crippen LogP) is 4.91. The molecular formula is C33H41N3O3. The van der Waals surface area contributed by atoms with Gasteiger partial charge < -0.3 is 20.7 Å². The number of aromatic amines is 1. The van der Waals surface area contributed by atoms with Gasteiger partial charge in [-0.05, 0) is 92.2 Å². The van der Waals surface area contributed by atoms with Crippen molar-refractivity contribution >= 4 is 22.7 Å². The second kappa shape index (κ2) is 10.5. The fourth-order valence-corrected chi connectivity index (χ4v) is 8.44. The molecule has 1 heterocycles. The van der Waals surface area contributed by atoms with Crippen molar-refractivity contribution in [3.05, 3.63) is 71.9 Å². The van der Waals surface area contributed by atoms with Crippen LogP contribution in [0.5, 0.6) is 0 Å². The lowest BCUT2D eigenvalue weighted by Crippen LogP contribution is -2.61. The minimum absolute atomic E-state index is 0.0296. The molecule has 0 spiro atoms. The third kappa shape index (κ3) is 5.49. The summed E-state index contributed by atoms with van der Waals surface area (Å²) in [5.74, 6) is 2.02. The van der Waals surface area contributed by atoms with Crippen molar-refractivity contribution in [1.82, 2.24) is 15.6 Å². The van der Waals surface area contributed by atoms with Gasteiger partial charge in [-0.15, -0.1) is 0 Å². The van der Waals surface area contributed by atoms with Crippen LogP contribution in [0.3, 0.4) is 0 Å². The number of carbonyl (C=O) groups is 2. The van der Waals surface area contributed by atoms with Crippen LogP contribution in [0.2, 0.25) is 0 Å². The summed E-state index contributed by atoms with van der Waals surface area (Å²) in [5, 5.41) is 17.5. The first-order valence-electron chi connectivity index (χ1n) is 14.6. The lowest BCUT2D eigenvalue weighted by molar-refractivity contribution is -0.137. The van der Waals surface area contributed by atoms with Gasteiger partial charge in [0.1, 0.15) is 5.54 Å². The minimum Gasteiger partial charge on any atom is -0.394 e. The predicted molar refractivity (Wildman–Crippen MR) is 153 cm³/mol. The molecular weight excluding hydrogens is 486 g/mol. The monoisotopic (exact) mass is 527 g/mol. The van der Waals surface area contributed by atoms with Gasteiger partial charge >= 0.3 is 0 Å². The Labute approximate surface area is 231 Å². The van der Waals surface area contributed by atoms with E-state index < -0.39 is 11.6 Å². The molecule has 6 nitrogen and oxygen atoms in total. The molecule has 0 saturated heterocycles. The van der Waals surface area contributed by atoms with Crippen molar-refractivity contribution in [3.8, 4) is 0 Å². The van der Waals surface area contributed by atoms with Crippen LogP contribution in [0.4, 0.5) is 0 Å². The first-order valence-corrected chi connectivity index (χ1v) is 14.6. The number of para-hydroxylation sites is 1. The summed E-state index contributed by atoms with van der Waals surface area (Å²) >= 11 is 0. The summed E-state index contributed by atoms with van der Waals surface area (Å²) in [5.41, 5.74) is 1.97. The summed E-state index contributed by atoms with van der Waals surface area (Å²) in [6.07, 6.45) is 10.8. The maximum atomic E-state index is 13.9. The number of aromatic nitrogens is 1. The van der Waals surface area contributed by atoms with Gasteiger partial charge in [0, 0.05) is 29.9 Å². The van der Waals surface area contributed by atoms with Crippen molar-refractivity contribution < 1.29 is 14.7 Å². The van der Waals surface area contributed by atoms with Gasteiger partial charge in [0.05, 0.1) is 12.6 Å². The SMILES string of the molecule is C[C@](Cc1c[nH]c2ccccc12)(NC(=O)CC12CC3CC(CC(C3)C1)C2)C(=O)N[C@H](CO)Cc1ccccc1. The molecule has 4 aliphatic carbocycles. The Morgan fingerprint density at radius 1 is 1.00 bits per heavy atom. The summed E-state index contributed by atoms with van der Waals surface area (Å²) in [6.45, 7) is 1.66. The second-order valence-electron chi connectivity index (χ2n) is 13.1. The molecule has 39 heavy (non-hydrogen) atoms. The van der Waals surface area contributed by atoms with E-state index in [0.717, 1.165) is 59.0 Å². The Morgan fingerprint density at radius 3 is 2.31 bits per heavy atom. The lowest BCUT2D eigenvalue weighted by atomic mass is 9.49. The molecule has 206 valence electrons. The van der Waals surface area contributed by atoms with E-state index in [2.05, 4.69) is 15.6 Å². The maximum Gasteiger partial charge on any atom is 0.246 e. The molecule has 2 amide bonds. The number of fused-ring (bicyclic) bond motifs is 1. The lowest BCUT2D eigenvalue weighted by Gasteiger charge is -2.56. The van der Waals surface area contributed by atoms with Crippen LogP contribution in [0.1, 0.15) is 63.0 Å². The standard InChI is InChI=1S/C33H41N3O3/c1-32(18-26-20-34-29-10-6-5-9-28(26)29,31(39)35-27(21-37)14-22-7-3-2-4-8-22)36-30(38)19-33-15-23-11-24(16-33)13-25(12-23)17-33/h2-10,20,23-25,27,34,37H,11-19,21H2,1H3,(H,35,39)(H,36,38)/t23?,24?,25?,27-,32+,33?/m0/s1. The van der Waals surface area contributed by atoms with Gasteiger partial charge in [0.2, 0.25) is 11.8 Å². The van der Waals surface area contributed by atoms with Gasteiger partial charge in [-0.25, -0.2) is 0 Å². The third-order valence-corrected chi connectivity index (χ3v) is 9.72. The van der Waals surface area contributed by atoms with E-state index >= 15 is 0 Å². The molecule has 2 atom stereocenters. The molecule has 3 aromatic rings. The number of hydrogen-bond donors (Lipinski definition) is 4. The molecule has 0 unspecified atom stereocenters. The normalized spacial score (nSPS) is 27.7. The van der Waals surface area contributed by atoms with Crippen molar-refractivity contribution in [2.24, 2.45) is 23.2 Å². The molecule has 4 fully saturated rings. The van der Waals surface area contributed by atoms with Crippen LogP contribution in [0.25, 0.3) is 10.9 Å². The van der Waals surface area contributed by atoms with Crippen LogP contribution >= 0.6 is 0 Å². The molecule has 2 aromatic carbocycles. The van der Waals surface area contributed by atoms with Crippen LogP contribution in [0, 0.1) is 23.2 Å². The molecule has 1 aromatic heterocycles. The minimum atomic E-state index is -1.16. The largest absolute Gasteiger partial charge is 0.394 e. The average molecular weight is 528 g/mol. The summed E-state index contributed by atoms with van der Waals surface area (Å²) < 4.78 is 0. The highest BCUT2D eigenvalue weighted by Gasteiger charge is 2.52. The van der Waals surface area contributed by atoms with E-state index in [1.165, 1.54) is 19.3 Å². The zero-order chi connectivity index (χ0) is 27.0. The number of amides is 2. The molecule has 4 saturated carbocycles. The number of benzene rings is 2. The van der Waals surface area contributed by atoms with Gasteiger partial charge in [0.15, 0.2) is 0 Å². The maximum absolute atomic E-state index is 13.9. The van der Waals surface area contributed by atoms with E-state index in [-0.39, 0.29) is 23.8 Å². The van der Waals surface area contributed by atoms with E-state index in [1.807, 2.05) is 67.7 Å². The van der Waals surface area contributed by atoms with Crippen molar-refractivity contribution in [2.45, 2.75) is 76.3 Å². The quantitative estimate of drug-likeness (QED) is 0.302. The smallest absolute Gasteiger partial charge is 0.246 e. The van der Waals surface area contributed by atoms with Crippen LogP contribution in [0.15, 0.2) is 60.8 Å². The first kappa shape index (κ1) is 26.1. The fraction of sp³-hybridized carbons (Fsp3) is 0.515. The first-order chi connectivity index (χ1) is 18.8. The highest BCUT2D eigenvalue weighted by Crippen LogP contribution is 2.61. The Morgan fingerprint density at radius 2 is 1.64 bits per heavy atom. The third-order valence-electron chi connectivity index (χ3n) is 9.72. The Balaban J connectivity index is 1.22. The van der Waals surface area contributed by atoms with E-state index in [1.54, 1.807) is 0 Å². The van der Waals surface area contributed by atoms with Crippen LogP contribution in [-0.2, 0) is 22.4 Å². The summed E-state index contributed by atoms with van der Waals surface area (Å²) in [4.78, 5) is 31.0. The molecule has 0 radical (unpaired) electrons. The fourth-order valence-electron chi connectivity index (χ4n) is 8.44. The second-order valence-corrected chi connectivity index (χ2v) is 13.1. The Hall–Kier alpha value is -3.12. The molecule has 4 bridgehead atoms. The summed E-state index contributed by atoms with van der Waals surface area (Å²) in [7, 11) is 0. The number of aliphatic hydroxyl groups is 1. The zero-order valence-corrected chi connectivity index (χ0v) is 22.9. The molecule has 4 aliphatic rings. The van der Waals surface area contributed by atoms with Gasteiger partial charge in [-0.1, -0.05) is 48.5 Å². The molecule has 0 aliphatic heterocycles. The number of rotatable bonds is 10. The molecule has 6 heteroatoms. The summed E-state index contributed by atoms with van der Waals surface area (Å²) in [6, 6.07) is 17.4. The number of hydrogen-bond acceptors (Lipinski definition) is 3. The van der Waals surface area contributed by atoms with Gasteiger partial charge in [0.25, 0.3) is 0 Å². The van der Waals surface area contributed by atoms with Gasteiger partial charge in [-0.3, -0.25) is 9.59 Å². The zero-order valence-electron chi connectivity index (χ0n) is 22.9. The molecule has 4 N–H and O–H groups in total. The number of aliphatic hydroxyl groups excluding tert-OH is 1. The van der Waals surface area contributed by atoms with E-state index in [9.17, 15) is 14.7 Å². The van der Waals surface area contributed by atoms with Gasteiger partial charge in [-0.2, -0.15) is 0 Å².